The molecule has 0 bridgehead atoms. The molecule has 1 aliphatic carbocycles. The minimum absolute atomic E-state index is 0.429. The van der Waals surface area contributed by atoms with E-state index in [0.29, 0.717) is 5.92 Å². The molecule has 0 fully saturated rings. The Hall–Kier alpha value is -2.60. The summed E-state index contributed by atoms with van der Waals surface area (Å²) in [5.74, 6) is 0.429. The molecule has 0 saturated heterocycles. The summed E-state index contributed by atoms with van der Waals surface area (Å²) in [4.78, 5) is 0. The summed E-state index contributed by atoms with van der Waals surface area (Å²) in [5.41, 5.74) is 6.94. The van der Waals surface area contributed by atoms with E-state index < -0.39 is 0 Å². The largest absolute Gasteiger partial charge is 0.0622 e. The van der Waals surface area contributed by atoms with Gasteiger partial charge in [0.15, 0.2) is 0 Å². The normalized spacial score (nSPS) is 16.7. The zero-order valence-electron chi connectivity index (χ0n) is 12.4. The van der Waals surface area contributed by atoms with Crippen molar-refractivity contribution in [3.8, 4) is 0 Å². The average molecular weight is 282 g/mol. The van der Waals surface area contributed by atoms with Crippen LogP contribution >= 0.6 is 0 Å². The van der Waals surface area contributed by atoms with Gasteiger partial charge in [0.05, 0.1) is 0 Å². The molecule has 3 aromatic rings. The van der Waals surface area contributed by atoms with Crippen molar-refractivity contribution in [2.24, 2.45) is 0 Å². The van der Waals surface area contributed by atoms with E-state index in [9.17, 15) is 0 Å². The van der Waals surface area contributed by atoms with Crippen molar-refractivity contribution in [3.63, 3.8) is 0 Å². The predicted octanol–water partition coefficient (Wildman–Crippen LogP) is 5.57. The van der Waals surface area contributed by atoms with E-state index >= 15 is 0 Å². The summed E-state index contributed by atoms with van der Waals surface area (Å²) in [5, 5.41) is 0. The first kappa shape index (κ1) is 13.1. The van der Waals surface area contributed by atoms with Crippen LogP contribution in [0.2, 0.25) is 0 Å². The van der Waals surface area contributed by atoms with Crippen molar-refractivity contribution in [1.29, 1.82) is 0 Å². The second-order valence-corrected chi connectivity index (χ2v) is 5.83. The maximum atomic E-state index is 2.37. The van der Waals surface area contributed by atoms with Crippen LogP contribution in [0.1, 0.15) is 28.2 Å². The van der Waals surface area contributed by atoms with Crippen LogP contribution in [0.15, 0.2) is 84.9 Å². The van der Waals surface area contributed by atoms with Gasteiger partial charge in [-0.15, -0.1) is 0 Å². The van der Waals surface area contributed by atoms with Gasteiger partial charge in [-0.05, 0) is 34.2 Å². The maximum Gasteiger partial charge on any atom is 0.0136 e. The minimum atomic E-state index is 0.429. The molecule has 1 atom stereocenters. The Morgan fingerprint density at radius 2 is 1.27 bits per heavy atom. The van der Waals surface area contributed by atoms with Crippen LogP contribution in [-0.4, -0.2) is 0 Å². The highest BCUT2D eigenvalue weighted by atomic mass is 14.3. The quantitative estimate of drug-likeness (QED) is 0.576. The van der Waals surface area contributed by atoms with Crippen LogP contribution in [0.4, 0.5) is 0 Å². The van der Waals surface area contributed by atoms with Gasteiger partial charge in [-0.3, -0.25) is 0 Å². The lowest BCUT2D eigenvalue weighted by atomic mass is 9.77. The Balaban J connectivity index is 1.87. The average Bonchev–Trinajstić information content (AvgIpc) is 2.62. The molecule has 0 amide bonds. The molecule has 0 spiro atoms. The zero-order chi connectivity index (χ0) is 14.8. The molecule has 0 nitrogen and oxygen atoms in total. The number of hydrogen-bond donors (Lipinski definition) is 0. The molecule has 0 unspecified atom stereocenters. The Morgan fingerprint density at radius 3 is 2.05 bits per heavy atom. The molecule has 22 heavy (non-hydrogen) atoms. The topological polar surface area (TPSA) is 0 Å². The molecule has 0 radical (unpaired) electrons. The Labute approximate surface area is 131 Å². The monoisotopic (exact) mass is 282 g/mol. The van der Waals surface area contributed by atoms with Gasteiger partial charge in [0, 0.05) is 5.92 Å². The van der Waals surface area contributed by atoms with Gasteiger partial charge < -0.3 is 0 Å². The molecule has 0 saturated carbocycles. The molecule has 0 aliphatic heterocycles. The van der Waals surface area contributed by atoms with Crippen molar-refractivity contribution in [1.82, 2.24) is 0 Å². The van der Waals surface area contributed by atoms with Crippen LogP contribution in [-0.2, 0) is 6.42 Å². The summed E-state index contributed by atoms with van der Waals surface area (Å²) < 4.78 is 0. The Bertz CT molecular complexity index is 798. The smallest absolute Gasteiger partial charge is 0.0136 e. The Morgan fingerprint density at radius 1 is 0.636 bits per heavy atom. The first-order chi connectivity index (χ1) is 10.9. The van der Waals surface area contributed by atoms with E-state index in [2.05, 4.69) is 91.0 Å². The standard InChI is InChI=1S/C22H18/c1-3-9-17(10-4-1)21-15-19-13-7-8-14-20(19)16-22(21)18-11-5-2-6-12-18/h1-15,22H,16H2/t22-/m1/s1. The minimum Gasteiger partial charge on any atom is -0.0622 e. The predicted molar refractivity (Wildman–Crippen MR) is 93.6 cm³/mol. The lowest BCUT2D eigenvalue weighted by Gasteiger charge is -2.27. The highest BCUT2D eigenvalue weighted by Crippen LogP contribution is 2.40. The number of allylic oxidation sites excluding steroid dienone is 1. The van der Waals surface area contributed by atoms with Gasteiger partial charge in [-0.1, -0.05) is 91.0 Å². The van der Waals surface area contributed by atoms with Crippen molar-refractivity contribution in [3.05, 3.63) is 107 Å². The SMILES string of the molecule is C1=C(c2ccccc2)[C@@H](c2ccccc2)Cc2ccccc21. The van der Waals surface area contributed by atoms with Crippen molar-refractivity contribution < 1.29 is 0 Å². The summed E-state index contributed by atoms with van der Waals surface area (Å²) in [6.45, 7) is 0. The summed E-state index contributed by atoms with van der Waals surface area (Å²) in [6.07, 6.45) is 3.44. The van der Waals surface area contributed by atoms with Crippen LogP contribution in [0.25, 0.3) is 11.6 Å². The molecule has 4 rings (SSSR count). The number of fused-ring (bicyclic) bond motifs is 1. The van der Waals surface area contributed by atoms with Crippen molar-refractivity contribution >= 4 is 11.6 Å². The van der Waals surface area contributed by atoms with Crippen molar-refractivity contribution in [2.75, 3.05) is 0 Å². The van der Waals surface area contributed by atoms with Gasteiger partial charge >= 0.3 is 0 Å². The van der Waals surface area contributed by atoms with E-state index in [1.54, 1.807) is 0 Å². The molecule has 1 aliphatic rings. The second-order valence-electron chi connectivity index (χ2n) is 5.83. The van der Waals surface area contributed by atoms with Gasteiger partial charge in [0.25, 0.3) is 0 Å². The number of hydrogen-bond acceptors (Lipinski definition) is 0. The van der Waals surface area contributed by atoms with E-state index in [1.807, 2.05) is 0 Å². The molecule has 0 aromatic heterocycles. The van der Waals surface area contributed by atoms with Crippen LogP contribution < -0.4 is 0 Å². The fourth-order valence-corrected chi connectivity index (χ4v) is 3.36. The lowest BCUT2D eigenvalue weighted by Crippen LogP contribution is -2.11. The number of rotatable bonds is 2. The molecule has 0 heteroatoms. The van der Waals surface area contributed by atoms with Crippen LogP contribution in [0.5, 0.6) is 0 Å². The molecule has 0 N–H and O–H groups in total. The van der Waals surface area contributed by atoms with E-state index in [0.717, 1.165) is 6.42 Å². The second kappa shape index (κ2) is 5.65. The summed E-state index contributed by atoms with van der Waals surface area (Å²) in [7, 11) is 0. The zero-order valence-corrected chi connectivity index (χ0v) is 12.4. The highest BCUT2D eigenvalue weighted by Gasteiger charge is 2.23. The maximum absolute atomic E-state index is 2.37. The molecular formula is C22H18. The van der Waals surface area contributed by atoms with E-state index in [1.165, 1.54) is 27.8 Å². The highest BCUT2D eigenvalue weighted by molar-refractivity contribution is 5.88. The molecule has 106 valence electrons. The fourth-order valence-electron chi connectivity index (χ4n) is 3.36. The lowest BCUT2D eigenvalue weighted by molar-refractivity contribution is 0.845. The molecule has 0 heterocycles. The summed E-state index contributed by atoms with van der Waals surface area (Å²) >= 11 is 0. The third kappa shape index (κ3) is 2.37. The van der Waals surface area contributed by atoms with Gasteiger partial charge in [0.2, 0.25) is 0 Å². The molecular weight excluding hydrogens is 264 g/mol. The van der Waals surface area contributed by atoms with E-state index in [4.69, 9.17) is 0 Å². The fraction of sp³-hybridized carbons (Fsp3) is 0.0909. The van der Waals surface area contributed by atoms with Gasteiger partial charge in [-0.2, -0.15) is 0 Å². The number of benzene rings is 3. The van der Waals surface area contributed by atoms with E-state index in [-0.39, 0.29) is 0 Å². The van der Waals surface area contributed by atoms with Crippen molar-refractivity contribution in [2.45, 2.75) is 12.3 Å². The first-order valence-corrected chi connectivity index (χ1v) is 7.82. The third-order valence-corrected chi connectivity index (χ3v) is 4.47. The van der Waals surface area contributed by atoms with Crippen LogP contribution in [0.3, 0.4) is 0 Å². The van der Waals surface area contributed by atoms with Crippen LogP contribution in [0, 0.1) is 0 Å². The Kier molecular flexibility index (Phi) is 3.36. The van der Waals surface area contributed by atoms with Gasteiger partial charge in [-0.25, -0.2) is 0 Å². The van der Waals surface area contributed by atoms with Gasteiger partial charge in [0.1, 0.15) is 0 Å². The summed E-state index contributed by atoms with van der Waals surface area (Å²) in [6, 6.07) is 30.4. The molecule has 3 aromatic carbocycles. The first-order valence-electron chi connectivity index (χ1n) is 7.82. The third-order valence-electron chi connectivity index (χ3n) is 4.47.